The molecule has 54 heavy (non-hydrogen) atoms. The monoisotopic (exact) mass is 756 g/mol. The van der Waals surface area contributed by atoms with Crippen molar-refractivity contribution in [3.8, 4) is 0 Å². The first-order chi connectivity index (χ1) is 25.0. The highest BCUT2D eigenvalue weighted by atomic mass is 19.1. The third-order valence-electron chi connectivity index (χ3n) is 10.9. The van der Waals surface area contributed by atoms with Gasteiger partial charge in [0.2, 0.25) is 17.7 Å². The number of hydrogen-bond donors (Lipinski definition) is 2. The summed E-state index contributed by atoms with van der Waals surface area (Å²) in [4.78, 5) is 73.0. The highest BCUT2D eigenvalue weighted by Gasteiger charge is 2.50. The summed E-state index contributed by atoms with van der Waals surface area (Å²) in [6.07, 6.45) is 5.66. The van der Waals surface area contributed by atoms with Crippen LogP contribution >= 0.6 is 0 Å². The second-order valence-electron chi connectivity index (χ2n) is 18.9. The number of benzene rings is 1. The van der Waals surface area contributed by atoms with Gasteiger partial charge in [-0.2, -0.15) is 0 Å². The highest BCUT2D eigenvalue weighted by molar-refractivity contribution is 5.92. The zero-order valence-corrected chi connectivity index (χ0v) is 34.3. The molecule has 4 rings (SSSR count). The molecule has 4 amide bonds. The standard InChI is InChI=1S/C42H65FN4O7/c1-27-26-47(38(52)54-41(8,9)10)33(25-31(27)36(50)53-40(5,6)7)34(48)44-32(24-28-16-18-30(43)19-17-28)35(49)46-22-20-42(21-23-46,29-14-12-11-13-15-29)37(51)45-39(2,3)4/h16-19,27,29,31-33H,11-15,20-26H2,1-10H3,(H,44,48)(H,45,51)/t27?,31?,32-,33?/m1/s1. The van der Waals surface area contributed by atoms with E-state index in [0.29, 0.717) is 31.5 Å². The summed E-state index contributed by atoms with van der Waals surface area (Å²) in [6.45, 7) is 19.1. The zero-order chi connectivity index (χ0) is 40.2. The van der Waals surface area contributed by atoms with E-state index in [1.54, 1.807) is 58.6 Å². The van der Waals surface area contributed by atoms with Crippen molar-refractivity contribution in [2.75, 3.05) is 19.6 Å². The van der Waals surface area contributed by atoms with Crippen LogP contribution in [0.5, 0.6) is 0 Å². The number of amides is 4. The summed E-state index contributed by atoms with van der Waals surface area (Å²) in [6, 6.07) is 3.59. The van der Waals surface area contributed by atoms with Crippen molar-refractivity contribution < 1.29 is 37.8 Å². The Morgan fingerprint density at radius 1 is 0.870 bits per heavy atom. The van der Waals surface area contributed by atoms with E-state index >= 15 is 0 Å². The minimum atomic E-state index is -1.13. The molecule has 2 N–H and O–H groups in total. The fraction of sp³-hybridized carbons (Fsp3) is 0.738. The van der Waals surface area contributed by atoms with E-state index in [9.17, 15) is 28.4 Å². The third kappa shape index (κ3) is 11.4. The molecule has 2 heterocycles. The number of rotatable bonds is 8. The van der Waals surface area contributed by atoms with E-state index in [4.69, 9.17) is 9.47 Å². The number of hydrogen-bond acceptors (Lipinski definition) is 7. The predicted molar refractivity (Wildman–Crippen MR) is 205 cm³/mol. The number of likely N-dealkylation sites (tertiary alicyclic amines) is 2. The van der Waals surface area contributed by atoms with E-state index in [2.05, 4.69) is 10.6 Å². The van der Waals surface area contributed by atoms with Gasteiger partial charge in [-0.05, 0) is 124 Å². The molecule has 1 saturated carbocycles. The van der Waals surface area contributed by atoms with Gasteiger partial charge in [0.05, 0.1) is 11.3 Å². The van der Waals surface area contributed by atoms with Crippen molar-refractivity contribution in [3.05, 3.63) is 35.6 Å². The number of nitrogens with zero attached hydrogens (tertiary/aromatic N) is 2. The van der Waals surface area contributed by atoms with E-state index in [1.807, 2.05) is 27.7 Å². The number of ether oxygens (including phenoxy) is 2. The average Bonchev–Trinajstić information content (AvgIpc) is 3.06. The molecular weight excluding hydrogens is 691 g/mol. The van der Waals surface area contributed by atoms with E-state index in [1.165, 1.54) is 17.0 Å². The Morgan fingerprint density at radius 3 is 1.98 bits per heavy atom. The summed E-state index contributed by atoms with van der Waals surface area (Å²) >= 11 is 0. The maximum absolute atomic E-state index is 14.5. The fourth-order valence-corrected chi connectivity index (χ4v) is 8.25. The lowest BCUT2D eigenvalue weighted by Crippen LogP contribution is -2.62. The van der Waals surface area contributed by atoms with Crippen LogP contribution in [0.25, 0.3) is 0 Å². The molecule has 302 valence electrons. The van der Waals surface area contributed by atoms with E-state index < -0.39 is 63.9 Å². The van der Waals surface area contributed by atoms with Gasteiger partial charge in [-0.15, -0.1) is 0 Å². The van der Waals surface area contributed by atoms with E-state index in [-0.39, 0.29) is 43.0 Å². The molecule has 0 bridgehead atoms. The lowest BCUT2D eigenvalue weighted by molar-refractivity contribution is -0.165. The Hall–Kier alpha value is -3.70. The summed E-state index contributed by atoms with van der Waals surface area (Å²) in [7, 11) is 0. The van der Waals surface area contributed by atoms with Crippen LogP contribution in [0, 0.1) is 29.0 Å². The largest absolute Gasteiger partial charge is 0.460 e. The van der Waals surface area contributed by atoms with E-state index in [0.717, 1.165) is 32.1 Å². The number of nitrogens with one attached hydrogen (secondary N) is 2. The number of carbonyl (C=O) groups is 5. The SMILES string of the molecule is CC1CN(C(=O)OC(C)(C)C)C(C(=O)N[C@H](Cc2ccc(F)cc2)C(=O)N2CCC(C(=O)NC(C)(C)C)(C3CCCCC3)CC2)CC1C(=O)OC(C)(C)C. The van der Waals surface area contributed by atoms with Crippen LogP contribution in [0.3, 0.4) is 0 Å². The van der Waals surface area contributed by atoms with Gasteiger partial charge in [-0.3, -0.25) is 24.1 Å². The quantitative estimate of drug-likeness (QED) is 0.287. The fourth-order valence-electron chi connectivity index (χ4n) is 8.25. The first-order valence-corrected chi connectivity index (χ1v) is 19.9. The second kappa shape index (κ2) is 17.0. The maximum atomic E-state index is 14.5. The van der Waals surface area contributed by atoms with Crippen LogP contribution < -0.4 is 10.6 Å². The summed E-state index contributed by atoms with van der Waals surface area (Å²) < 4.78 is 25.3. The molecule has 1 aromatic rings. The topological polar surface area (TPSA) is 134 Å². The number of esters is 1. The first-order valence-electron chi connectivity index (χ1n) is 19.9. The molecule has 12 heteroatoms. The number of carbonyl (C=O) groups excluding carboxylic acids is 5. The Balaban J connectivity index is 1.62. The zero-order valence-electron chi connectivity index (χ0n) is 34.3. The van der Waals surface area contributed by atoms with Crippen LogP contribution in [-0.4, -0.2) is 88.0 Å². The maximum Gasteiger partial charge on any atom is 0.410 e. The van der Waals surface area contributed by atoms with Crippen LogP contribution in [0.2, 0.25) is 0 Å². The first kappa shape index (κ1) is 43.0. The highest BCUT2D eigenvalue weighted by Crippen LogP contribution is 2.46. The minimum absolute atomic E-state index is 0.0187. The molecule has 2 aliphatic heterocycles. The molecule has 1 aromatic carbocycles. The molecule has 2 saturated heterocycles. The van der Waals surface area contributed by atoms with Gasteiger partial charge < -0.3 is 25.0 Å². The molecule has 3 unspecified atom stereocenters. The smallest absolute Gasteiger partial charge is 0.410 e. The third-order valence-corrected chi connectivity index (χ3v) is 10.9. The number of piperidine rings is 2. The van der Waals surface area contributed by atoms with Gasteiger partial charge in [-0.1, -0.05) is 38.3 Å². The predicted octanol–water partition coefficient (Wildman–Crippen LogP) is 6.56. The molecular formula is C42H65FN4O7. The molecule has 1 aliphatic carbocycles. The van der Waals surface area contributed by atoms with Crippen LogP contribution in [0.1, 0.15) is 126 Å². The lowest BCUT2D eigenvalue weighted by atomic mass is 9.63. The van der Waals surface area contributed by atoms with Gasteiger partial charge in [0.1, 0.15) is 29.1 Å². The van der Waals surface area contributed by atoms with Crippen molar-refractivity contribution >= 4 is 29.8 Å². The van der Waals surface area contributed by atoms with Crippen molar-refractivity contribution in [2.45, 2.75) is 156 Å². The molecule has 0 aromatic heterocycles. The van der Waals surface area contributed by atoms with Crippen LogP contribution in [-0.2, 0) is 35.1 Å². The van der Waals surface area contributed by atoms with Crippen molar-refractivity contribution in [1.82, 2.24) is 20.4 Å². The Labute approximate surface area is 321 Å². The van der Waals surface area contributed by atoms with Gasteiger partial charge in [0.15, 0.2) is 0 Å². The van der Waals surface area contributed by atoms with Gasteiger partial charge >= 0.3 is 12.1 Å². The minimum Gasteiger partial charge on any atom is -0.460 e. The summed E-state index contributed by atoms with van der Waals surface area (Å²) in [5.74, 6) is -2.55. The van der Waals surface area contributed by atoms with Gasteiger partial charge in [0, 0.05) is 31.6 Å². The molecule has 0 spiro atoms. The molecule has 4 atom stereocenters. The average molecular weight is 757 g/mol. The molecule has 0 radical (unpaired) electrons. The Bertz CT molecular complexity index is 1500. The number of halogens is 1. The van der Waals surface area contributed by atoms with Gasteiger partial charge in [0.25, 0.3) is 0 Å². The second-order valence-corrected chi connectivity index (χ2v) is 18.9. The molecule has 3 fully saturated rings. The lowest BCUT2D eigenvalue weighted by Gasteiger charge is -2.48. The molecule has 11 nitrogen and oxygen atoms in total. The van der Waals surface area contributed by atoms with Crippen molar-refractivity contribution in [3.63, 3.8) is 0 Å². The Morgan fingerprint density at radius 2 is 1.44 bits per heavy atom. The van der Waals surface area contributed by atoms with Crippen LogP contribution in [0.15, 0.2) is 24.3 Å². The Kier molecular flexibility index (Phi) is 13.5. The van der Waals surface area contributed by atoms with Crippen molar-refractivity contribution in [1.29, 1.82) is 0 Å². The van der Waals surface area contributed by atoms with Crippen molar-refractivity contribution in [2.24, 2.45) is 23.2 Å². The van der Waals surface area contributed by atoms with Crippen LogP contribution in [0.4, 0.5) is 9.18 Å². The van der Waals surface area contributed by atoms with Gasteiger partial charge in [-0.25, -0.2) is 9.18 Å². The molecule has 3 aliphatic rings. The normalized spacial score (nSPS) is 23.2. The summed E-state index contributed by atoms with van der Waals surface area (Å²) in [5.41, 5.74) is -1.94. The summed E-state index contributed by atoms with van der Waals surface area (Å²) in [5, 5.41) is 6.19.